The fraction of sp³-hybridized carbons (Fsp3) is 0.979. The maximum absolute atomic E-state index is 13.0. The van der Waals surface area contributed by atoms with E-state index in [1.165, 1.54) is 83.5 Å². The smallest absolute Gasteiger partial charge is 0.220 e. The van der Waals surface area contributed by atoms with Crippen molar-refractivity contribution >= 4 is 15.9 Å². The lowest BCUT2D eigenvalue weighted by Crippen LogP contribution is -2.60. The summed E-state index contributed by atoms with van der Waals surface area (Å²) in [6.45, 7) is 4.02. The van der Waals surface area contributed by atoms with Crippen LogP contribution in [-0.2, 0) is 24.3 Å². The lowest BCUT2D eigenvalue weighted by molar-refractivity contribution is -0.303. The van der Waals surface area contributed by atoms with Crippen LogP contribution in [0, 0.1) is 0 Å². The zero-order valence-electron chi connectivity index (χ0n) is 39.4. The lowest BCUT2D eigenvalue weighted by Gasteiger charge is -2.40. The van der Waals surface area contributed by atoms with Gasteiger partial charge in [-0.15, -0.1) is 0 Å². The van der Waals surface area contributed by atoms with Crippen molar-refractivity contribution in [2.45, 2.75) is 275 Å². The molecule has 8 N–H and O–H groups in total. The van der Waals surface area contributed by atoms with E-state index in [0.717, 1.165) is 109 Å². The summed E-state index contributed by atoms with van der Waals surface area (Å²) >= 11 is 0. The zero-order chi connectivity index (χ0) is 45.7. The predicted octanol–water partition coefficient (Wildman–Crippen LogP) is 7.84. The summed E-state index contributed by atoms with van der Waals surface area (Å²) in [5, 5.41) is 65.2. The van der Waals surface area contributed by atoms with E-state index in [1.807, 2.05) is 0 Å². The van der Waals surface area contributed by atoms with Gasteiger partial charge in [-0.2, -0.15) is 0 Å². The van der Waals surface area contributed by atoms with E-state index in [9.17, 15) is 43.9 Å². The van der Waals surface area contributed by atoms with Crippen LogP contribution in [0.1, 0.15) is 226 Å². The highest BCUT2D eigenvalue weighted by Crippen LogP contribution is 2.23. The Morgan fingerprint density at radius 2 is 1.03 bits per heavy atom. The number of carbonyl (C=O) groups is 1. The monoisotopic (exact) mass is 909 g/mol. The predicted molar refractivity (Wildman–Crippen MR) is 249 cm³/mol. The Kier molecular flexibility index (Phi) is 37.4. The van der Waals surface area contributed by atoms with E-state index >= 15 is 0 Å². The Balaban J connectivity index is 2.31. The molecule has 1 heterocycles. The van der Waals surface area contributed by atoms with E-state index in [2.05, 4.69) is 23.9 Å². The second kappa shape index (κ2) is 39.2. The number of nitrogens with one attached hydrogen (secondary N) is 2. The van der Waals surface area contributed by atoms with Crippen molar-refractivity contribution in [1.82, 2.24) is 10.0 Å². The van der Waals surface area contributed by atoms with Crippen LogP contribution < -0.4 is 10.0 Å². The molecule has 13 nitrogen and oxygen atoms in total. The van der Waals surface area contributed by atoms with Gasteiger partial charge in [0, 0.05) is 13.0 Å². The first-order valence-electron chi connectivity index (χ1n) is 25.5. The van der Waals surface area contributed by atoms with Gasteiger partial charge in [0.2, 0.25) is 15.9 Å². The number of amides is 1. The molecule has 0 saturated carbocycles. The van der Waals surface area contributed by atoms with Crippen molar-refractivity contribution in [3.63, 3.8) is 0 Å². The van der Waals surface area contributed by atoms with Crippen LogP contribution in [0.3, 0.4) is 0 Å². The third kappa shape index (κ3) is 30.3. The summed E-state index contributed by atoms with van der Waals surface area (Å²) in [4.78, 5) is 13.0. The molecule has 8 atom stereocenters. The topological polar surface area (TPSA) is 215 Å². The maximum atomic E-state index is 13.0. The van der Waals surface area contributed by atoms with E-state index < -0.39 is 65.6 Å². The molecule has 1 rings (SSSR count). The molecule has 62 heavy (non-hydrogen) atoms. The molecule has 370 valence electrons. The van der Waals surface area contributed by atoms with Gasteiger partial charge in [-0.25, -0.2) is 13.1 Å². The fourth-order valence-corrected chi connectivity index (χ4v) is 9.45. The lowest BCUT2D eigenvalue weighted by atomic mass is 9.98. The van der Waals surface area contributed by atoms with Gasteiger partial charge in [0.15, 0.2) is 6.29 Å². The number of hydrogen-bond donors (Lipinski definition) is 8. The van der Waals surface area contributed by atoms with Gasteiger partial charge < -0.3 is 45.4 Å². The first-order valence-corrected chi connectivity index (χ1v) is 27.2. The molecular weight excluding hydrogens is 813 g/mol. The van der Waals surface area contributed by atoms with Gasteiger partial charge in [0.25, 0.3) is 0 Å². The molecule has 1 amide bonds. The molecule has 14 heteroatoms. The molecule has 1 saturated heterocycles. The molecule has 0 unspecified atom stereocenters. The second-order valence-corrected chi connectivity index (χ2v) is 20.2. The van der Waals surface area contributed by atoms with Crippen LogP contribution in [0.25, 0.3) is 0 Å². The summed E-state index contributed by atoms with van der Waals surface area (Å²) in [6.07, 6.45) is 25.3. The first kappa shape index (κ1) is 59.1. The zero-order valence-corrected chi connectivity index (χ0v) is 40.2. The van der Waals surface area contributed by atoms with Crippen molar-refractivity contribution in [3.05, 3.63) is 0 Å². The van der Waals surface area contributed by atoms with E-state index in [4.69, 9.17) is 9.47 Å². The normalized spacial score (nSPS) is 20.9. The van der Waals surface area contributed by atoms with Crippen molar-refractivity contribution in [1.29, 1.82) is 0 Å². The Morgan fingerprint density at radius 1 is 0.597 bits per heavy atom. The van der Waals surface area contributed by atoms with Crippen LogP contribution in [-0.4, -0.2) is 119 Å². The second-order valence-electron chi connectivity index (χ2n) is 18.3. The maximum Gasteiger partial charge on any atom is 0.220 e. The molecule has 0 aromatic rings. The third-order valence-corrected chi connectivity index (χ3v) is 13.9. The van der Waals surface area contributed by atoms with Crippen LogP contribution in [0.5, 0.6) is 0 Å². The number of aliphatic hydroxyl groups is 6. The molecule has 0 aromatic carbocycles. The van der Waals surface area contributed by atoms with Gasteiger partial charge in [-0.1, -0.05) is 194 Å². The minimum atomic E-state index is -3.17. The summed E-state index contributed by atoms with van der Waals surface area (Å²) in [5.74, 6) is -0.0583. The van der Waals surface area contributed by atoms with Crippen molar-refractivity contribution < 1.29 is 53.3 Å². The number of rotatable bonds is 44. The molecular formula is C48H96N2O11S. The highest BCUT2D eigenvalue weighted by molar-refractivity contribution is 7.89. The van der Waals surface area contributed by atoms with Crippen LogP contribution in [0.2, 0.25) is 0 Å². The number of hydrogen-bond acceptors (Lipinski definition) is 11. The molecule has 1 fully saturated rings. The van der Waals surface area contributed by atoms with E-state index in [-0.39, 0.29) is 24.7 Å². The highest BCUT2D eigenvalue weighted by Gasteiger charge is 2.44. The molecule has 0 spiro atoms. The number of ether oxygens (including phenoxy) is 2. The summed E-state index contributed by atoms with van der Waals surface area (Å²) < 4.78 is 38.4. The summed E-state index contributed by atoms with van der Waals surface area (Å²) in [5.41, 5.74) is 0. The van der Waals surface area contributed by atoms with Crippen molar-refractivity contribution in [2.75, 3.05) is 25.5 Å². The number of sulfonamides is 1. The van der Waals surface area contributed by atoms with Crippen LogP contribution >= 0.6 is 0 Å². The van der Waals surface area contributed by atoms with Gasteiger partial charge in [0.1, 0.15) is 30.5 Å². The van der Waals surface area contributed by atoms with Crippen molar-refractivity contribution in [3.8, 4) is 0 Å². The minimum Gasteiger partial charge on any atom is -0.394 e. The standard InChI is InChI=1S/C48H96N2O11S/c1-3-5-7-9-11-13-14-16-19-22-26-30-34-41(52)44(54)40(39-60-48-47(57)46(56)45(55)42(38-51)61-48)50-43(53)35-31-27-23-20-17-15-18-21-24-28-32-36-49-62(58,59)37-33-29-25-12-10-8-6-4-2/h40-42,44-49,51-52,54-57H,3-39H2,1-2H3,(H,50,53)/t40-,41+,42+,44-,45-,46-,47+,48-/m0/s1. The van der Waals surface area contributed by atoms with Crippen molar-refractivity contribution in [2.24, 2.45) is 0 Å². The molecule has 1 aliphatic rings. The molecule has 0 radical (unpaired) electrons. The number of aliphatic hydroxyl groups excluding tert-OH is 6. The Labute approximate surface area is 378 Å². The summed E-state index contributed by atoms with van der Waals surface area (Å²) in [6, 6.07) is -1.02. The van der Waals surface area contributed by atoms with E-state index in [0.29, 0.717) is 19.4 Å². The Bertz CT molecular complexity index is 1130. The fourth-order valence-electron chi connectivity index (χ4n) is 8.27. The van der Waals surface area contributed by atoms with Gasteiger partial charge in [-0.05, 0) is 25.7 Å². The Morgan fingerprint density at radius 3 is 1.52 bits per heavy atom. The SMILES string of the molecule is CCCCCCCCCCCCCC[C@@H](O)[C@@H](O)[C@H](CO[C@H]1O[C@H](CO)[C@H](O)[C@H](O)[C@H]1O)NC(=O)CCCCCCCCCCCCCNS(=O)(=O)CCCCCCCCCC. The molecule has 0 aromatic heterocycles. The largest absolute Gasteiger partial charge is 0.394 e. The average Bonchev–Trinajstić information content (AvgIpc) is 3.25. The quantitative estimate of drug-likeness (QED) is 0.0276. The minimum absolute atomic E-state index is 0.233. The average molecular weight is 909 g/mol. The number of carbonyl (C=O) groups excluding carboxylic acids is 1. The van der Waals surface area contributed by atoms with Crippen LogP contribution in [0.15, 0.2) is 0 Å². The molecule has 0 bridgehead atoms. The molecule has 1 aliphatic heterocycles. The van der Waals surface area contributed by atoms with Gasteiger partial charge in [0.05, 0.1) is 31.1 Å². The third-order valence-electron chi connectivity index (χ3n) is 12.5. The van der Waals surface area contributed by atoms with E-state index in [1.54, 1.807) is 0 Å². The van der Waals surface area contributed by atoms with Gasteiger partial charge >= 0.3 is 0 Å². The Hall–Kier alpha value is -0.940. The summed E-state index contributed by atoms with van der Waals surface area (Å²) in [7, 11) is -3.17. The van der Waals surface area contributed by atoms with Crippen LogP contribution in [0.4, 0.5) is 0 Å². The number of unbranched alkanes of at least 4 members (excludes halogenated alkanes) is 28. The molecule has 0 aliphatic carbocycles. The first-order chi connectivity index (χ1) is 30.0. The van der Waals surface area contributed by atoms with Gasteiger partial charge in [-0.3, -0.25) is 4.79 Å². The highest BCUT2D eigenvalue weighted by atomic mass is 32.2.